The number of nitrogen functional groups attached to an aromatic ring is 1. The fourth-order valence-electron chi connectivity index (χ4n) is 2.69. The Morgan fingerprint density at radius 2 is 2.15 bits per heavy atom. The zero-order valence-corrected chi connectivity index (χ0v) is 15.2. The van der Waals surface area contributed by atoms with E-state index in [0.29, 0.717) is 42.0 Å². The molecule has 1 aliphatic heterocycles. The van der Waals surface area contributed by atoms with Crippen molar-refractivity contribution in [3.63, 3.8) is 0 Å². The second-order valence-corrected chi connectivity index (χ2v) is 6.05. The topological polar surface area (TPSA) is 99.8 Å². The highest BCUT2D eigenvalue weighted by Gasteiger charge is 2.30. The number of amides is 1. The van der Waals surface area contributed by atoms with Crippen molar-refractivity contribution in [2.45, 2.75) is 26.6 Å². The van der Waals surface area contributed by atoms with Crippen LogP contribution in [0.15, 0.2) is 18.2 Å². The molecular weight excluding hydrogens is 360 g/mol. The van der Waals surface area contributed by atoms with E-state index in [1.165, 1.54) is 4.90 Å². The molecule has 3 rings (SSSR count). The molecule has 0 unspecified atom stereocenters. The number of anilines is 1. The predicted molar refractivity (Wildman–Crippen MR) is 95.0 cm³/mol. The number of carbonyl (C=O) groups excluding carboxylic acids is 1. The number of rotatable bonds is 5. The molecule has 9 heteroatoms. The quantitative estimate of drug-likeness (QED) is 0.853. The van der Waals surface area contributed by atoms with Crippen LogP contribution in [0.2, 0.25) is 5.02 Å². The van der Waals surface area contributed by atoms with Crippen LogP contribution in [0.3, 0.4) is 0 Å². The highest BCUT2D eigenvalue weighted by atomic mass is 35.5. The molecular formula is C17H19ClN4O4. The zero-order valence-electron chi connectivity index (χ0n) is 14.5. The lowest BCUT2D eigenvalue weighted by atomic mass is 10.2. The van der Waals surface area contributed by atoms with Crippen molar-refractivity contribution in [2.24, 2.45) is 0 Å². The Morgan fingerprint density at radius 1 is 1.35 bits per heavy atom. The first kappa shape index (κ1) is 18.1. The normalized spacial score (nSPS) is 12.7. The zero-order chi connectivity index (χ0) is 18.7. The van der Waals surface area contributed by atoms with Crippen LogP contribution in [0.4, 0.5) is 10.7 Å². The first-order valence-electron chi connectivity index (χ1n) is 8.04. The van der Waals surface area contributed by atoms with Gasteiger partial charge in [-0.1, -0.05) is 17.7 Å². The summed E-state index contributed by atoms with van der Waals surface area (Å²) in [5.41, 5.74) is 7.96. The van der Waals surface area contributed by atoms with Crippen molar-refractivity contribution in [3.05, 3.63) is 40.0 Å². The van der Waals surface area contributed by atoms with Gasteiger partial charge in [0.05, 0.1) is 38.1 Å². The summed E-state index contributed by atoms with van der Waals surface area (Å²) in [7, 11) is 1.56. The molecule has 138 valence electrons. The molecule has 0 spiro atoms. The van der Waals surface area contributed by atoms with Crippen molar-refractivity contribution in [1.82, 2.24) is 14.9 Å². The van der Waals surface area contributed by atoms with Crippen molar-refractivity contribution >= 4 is 23.6 Å². The number of halogens is 1. The summed E-state index contributed by atoms with van der Waals surface area (Å²) in [4.78, 5) is 21.9. The number of ether oxygens (including phenoxy) is 3. The third-order valence-electron chi connectivity index (χ3n) is 3.90. The number of hydrogen-bond acceptors (Lipinski definition) is 7. The number of nitrogens with zero attached hydrogens (tertiary/aromatic N) is 3. The molecule has 0 radical (unpaired) electrons. The van der Waals surface area contributed by atoms with Crippen LogP contribution < -0.4 is 15.2 Å². The summed E-state index contributed by atoms with van der Waals surface area (Å²) in [5, 5.41) is 0.572. The SMILES string of the molecule is CCOC(=O)N1Cc2nc(N)nc(OCc3ccc(Cl)cc3OC)c2C1. The summed E-state index contributed by atoms with van der Waals surface area (Å²) < 4.78 is 16.2. The molecule has 0 saturated carbocycles. The van der Waals surface area contributed by atoms with Gasteiger partial charge in [0.15, 0.2) is 0 Å². The summed E-state index contributed by atoms with van der Waals surface area (Å²) in [5.74, 6) is 1.05. The number of methoxy groups -OCH3 is 1. The van der Waals surface area contributed by atoms with Gasteiger partial charge in [-0.2, -0.15) is 4.98 Å². The molecule has 0 bridgehead atoms. The molecule has 1 amide bonds. The van der Waals surface area contributed by atoms with Gasteiger partial charge in [0.2, 0.25) is 11.8 Å². The lowest BCUT2D eigenvalue weighted by Crippen LogP contribution is -2.26. The van der Waals surface area contributed by atoms with Gasteiger partial charge >= 0.3 is 6.09 Å². The van der Waals surface area contributed by atoms with E-state index in [0.717, 1.165) is 11.1 Å². The van der Waals surface area contributed by atoms with Crippen LogP contribution in [0.5, 0.6) is 11.6 Å². The van der Waals surface area contributed by atoms with Crippen LogP contribution in [0.1, 0.15) is 23.7 Å². The van der Waals surface area contributed by atoms with Gasteiger partial charge in [-0.05, 0) is 19.1 Å². The molecule has 26 heavy (non-hydrogen) atoms. The number of nitrogens with two attached hydrogens (primary N) is 1. The minimum Gasteiger partial charge on any atom is -0.496 e. The van der Waals surface area contributed by atoms with E-state index in [2.05, 4.69) is 9.97 Å². The molecule has 0 atom stereocenters. The molecule has 2 heterocycles. The summed E-state index contributed by atoms with van der Waals surface area (Å²) in [6, 6.07) is 5.28. The Bertz CT molecular complexity index is 831. The highest BCUT2D eigenvalue weighted by molar-refractivity contribution is 6.30. The van der Waals surface area contributed by atoms with Crippen LogP contribution >= 0.6 is 11.6 Å². The highest BCUT2D eigenvalue weighted by Crippen LogP contribution is 2.31. The van der Waals surface area contributed by atoms with Gasteiger partial charge in [-0.25, -0.2) is 9.78 Å². The van der Waals surface area contributed by atoms with Gasteiger partial charge in [-0.15, -0.1) is 0 Å². The van der Waals surface area contributed by atoms with E-state index in [9.17, 15) is 4.79 Å². The fraction of sp³-hybridized carbons (Fsp3) is 0.353. The predicted octanol–water partition coefficient (Wildman–Crippen LogP) is 2.77. The average molecular weight is 379 g/mol. The fourth-order valence-corrected chi connectivity index (χ4v) is 2.85. The number of hydrogen-bond donors (Lipinski definition) is 1. The molecule has 0 saturated heterocycles. The summed E-state index contributed by atoms with van der Waals surface area (Å²) in [6.45, 7) is 2.89. The molecule has 1 aromatic carbocycles. The molecule has 0 aliphatic carbocycles. The standard InChI is InChI=1S/C17H19ClN4O4/c1-3-25-17(23)22-7-12-13(8-22)20-16(19)21-15(12)26-9-10-4-5-11(18)6-14(10)24-2/h4-6H,3,7-9H2,1-2H3,(H2,19,20,21). The van der Waals surface area contributed by atoms with E-state index >= 15 is 0 Å². The Hall–Kier alpha value is -2.74. The van der Waals surface area contributed by atoms with Gasteiger partial charge in [0, 0.05) is 10.6 Å². The van der Waals surface area contributed by atoms with E-state index < -0.39 is 6.09 Å². The lowest BCUT2D eigenvalue weighted by Gasteiger charge is -2.14. The smallest absolute Gasteiger partial charge is 0.410 e. The largest absolute Gasteiger partial charge is 0.496 e. The van der Waals surface area contributed by atoms with Crippen molar-refractivity contribution < 1.29 is 19.0 Å². The van der Waals surface area contributed by atoms with Gasteiger partial charge in [0.1, 0.15) is 12.4 Å². The third-order valence-corrected chi connectivity index (χ3v) is 4.14. The van der Waals surface area contributed by atoms with E-state index in [4.69, 9.17) is 31.5 Å². The van der Waals surface area contributed by atoms with Gasteiger partial charge in [0.25, 0.3) is 0 Å². The lowest BCUT2D eigenvalue weighted by molar-refractivity contribution is 0.106. The van der Waals surface area contributed by atoms with Gasteiger partial charge in [-0.3, -0.25) is 4.90 Å². The maximum absolute atomic E-state index is 12.0. The first-order valence-corrected chi connectivity index (χ1v) is 8.41. The Kier molecular flexibility index (Phi) is 5.32. The number of carbonyl (C=O) groups is 1. The van der Waals surface area contributed by atoms with E-state index in [1.807, 2.05) is 6.07 Å². The van der Waals surface area contributed by atoms with Crippen molar-refractivity contribution in [1.29, 1.82) is 0 Å². The second kappa shape index (κ2) is 7.65. The number of benzene rings is 1. The maximum Gasteiger partial charge on any atom is 0.410 e. The van der Waals surface area contributed by atoms with Crippen LogP contribution in [0, 0.1) is 0 Å². The molecule has 2 aromatic rings. The minimum atomic E-state index is -0.408. The van der Waals surface area contributed by atoms with E-state index in [1.54, 1.807) is 26.2 Å². The molecule has 1 aliphatic rings. The summed E-state index contributed by atoms with van der Waals surface area (Å²) in [6.07, 6.45) is -0.408. The minimum absolute atomic E-state index is 0.0903. The van der Waals surface area contributed by atoms with Crippen LogP contribution in [-0.4, -0.2) is 34.7 Å². The molecule has 8 nitrogen and oxygen atoms in total. The van der Waals surface area contributed by atoms with Crippen LogP contribution in [0.25, 0.3) is 0 Å². The number of fused-ring (bicyclic) bond motifs is 1. The van der Waals surface area contributed by atoms with Crippen molar-refractivity contribution in [2.75, 3.05) is 19.5 Å². The number of aromatic nitrogens is 2. The Balaban J connectivity index is 1.80. The Labute approximate surface area is 155 Å². The van der Waals surface area contributed by atoms with Gasteiger partial charge < -0.3 is 19.9 Å². The molecule has 0 fully saturated rings. The molecule has 1 aromatic heterocycles. The average Bonchev–Trinajstić information content (AvgIpc) is 3.04. The summed E-state index contributed by atoms with van der Waals surface area (Å²) >= 11 is 5.97. The van der Waals surface area contributed by atoms with E-state index in [-0.39, 0.29) is 12.6 Å². The molecule has 2 N–H and O–H groups in total. The van der Waals surface area contributed by atoms with Crippen LogP contribution in [-0.2, 0) is 24.4 Å². The van der Waals surface area contributed by atoms with Crippen molar-refractivity contribution in [3.8, 4) is 11.6 Å². The Morgan fingerprint density at radius 3 is 2.88 bits per heavy atom. The maximum atomic E-state index is 12.0. The second-order valence-electron chi connectivity index (χ2n) is 5.61. The third kappa shape index (κ3) is 3.75. The monoisotopic (exact) mass is 378 g/mol. The first-order chi connectivity index (χ1) is 12.5.